The van der Waals surface area contributed by atoms with Gasteiger partial charge in [-0.25, -0.2) is 4.98 Å². The first-order valence-corrected chi connectivity index (χ1v) is 8.33. The number of pyridine rings is 1. The summed E-state index contributed by atoms with van der Waals surface area (Å²) in [6.07, 6.45) is 1.43. The molecule has 1 fully saturated rings. The highest BCUT2D eigenvalue weighted by atomic mass is 16.6. The highest BCUT2D eigenvalue weighted by Gasteiger charge is 2.37. The third kappa shape index (κ3) is 2.78. The summed E-state index contributed by atoms with van der Waals surface area (Å²) in [6.45, 7) is 0.594. The van der Waals surface area contributed by atoms with E-state index in [1.807, 2.05) is 6.07 Å². The van der Waals surface area contributed by atoms with Crippen molar-refractivity contribution in [3.05, 3.63) is 80.8 Å². The van der Waals surface area contributed by atoms with E-state index in [-0.39, 0.29) is 17.4 Å². The Kier molecular flexibility index (Phi) is 4.03. The lowest BCUT2D eigenvalue weighted by Gasteiger charge is -2.35. The third-order valence-electron chi connectivity index (χ3n) is 4.47. The number of rotatable bonds is 3. The summed E-state index contributed by atoms with van der Waals surface area (Å²) in [6, 6.07) is 13.0. The van der Waals surface area contributed by atoms with Gasteiger partial charge in [-0.2, -0.15) is 0 Å². The van der Waals surface area contributed by atoms with Gasteiger partial charge in [0.2, 0.25) is 11.7 Å². The smallest absolute Gasteiger partial charge is 0.352 e. The average Bonchev–Trinajstić information content (AvgIpc) is 2.68. The third-order valence-corrected chi connectivity index (χ3v) is 4.47. The highest BCUT2D eigenvalue weighted by molar-refractivity contribution is 5.88. The number of benzene rings is 1. The Labute approximate surface area is 153 Å². The molecule has 0 bridgehead atoms. The van der Waals surface area contributed by atoms with Crippen LogP contribution in [0, 0.1) is 10.1 Å². The molecule has 3 heterocycles. The number of anilines is 1. The fourth-order valence-electron chi connectivity index (χ4n) is 3.29. The number of carbonyl (C=O) groups is 1. The summed E-state index contributed by atoms with van der Waals surface area (Å²) in [7, 11) is 0. The highest BCUT2D eigenvalue weighted by Crippen LogP contribution is 2.32. The molecule has 0 saturated carbocycles. The maximum Gasteiger partial charge on any atom is 0.376 e. The van der Waals surface area contributed by atoms with Crippen molar-refractivity contribution in [2.24, 2.45) is 0 Å². The fourth-order valence-corrected chi connectivity index (χ4v) is 3.29. The number of piperazine rings is 1. The zero-order valence-electron chi connectivity index (χ0n) is 14.1. The van der Waals surface area contributed by atoms with Crippen LogP contribution in [0.5, 0.6) is 0 Å². The van der Waals surface area contributed by atoms with Crippen molar-refractivity contribution in [3.63, 3.8) is 0 Å². The van der Waals surface area contributed by atoms with Crippen molar-refractivity contribution in [2.75, 3.05) is 18.0 Å². The van der Waals surface area contributed by atoms with Crippen LogP contribution in [0.4, 0.5) is 11.5 Å². The Morgan fingerprint density at radius 1 is 1.11 bits per heavy atom. The molecule has 27 heavy (non-hydrogen) atoms. The molecular formula is C18H15N5O4. The maximum atomic E-state index is 12.7. The maximum absolute atomic E-state index is 12.7. The predicted octanol–water partition coefficient (Wildman–Crippen LogP) is 1.28. The molecule has 136 valence electrons. The molecule has 1 saturated heterocycles. The lowest BCUT2D eigenvalue weighted by Crippen LogP contribution is -2.51. The van der Waals surface area contributed by atoms with Crippen LogP contribution in [-0.4, -0.2) is 33.3 Å². The topological polar surface area (TPSA) is 110 Å². The summed E-state index contributed by atoms with van der Waals surface area (Å²) in [5.74, 6) is -0.392. The molecule has 9 heteroatoms. The van der Waals surface area contributed by atoms with Gasteiger partial charge in [-0.3, -0.25) is 24.1 Å². The van der Waals surface area contributed by atoms with Crippen LogP contribution in [-0.2, 0) is 4.79 Å². The molecule has 0 unspecified atom stereocenters. The summed E-state index contributed by atoms with van der Waals surface area (Å²) in [4.78, 5) is 42.1. The predicted molar refractivity (Wildman–Crippen MR) is 97.7 cm³/mol. The van der Waals surface area contributed by atoms with E-state index in [9.17, 15) is 19.7 Å². The number of hydrogen-bond donors (Lipinski definition) is 1. The lowest BCUT2D eigenvalue weighted by molar-refractivity contribution is -0.385. The van der Waals surface area contributed by atoms with Gasteiger partial charge in [0.1, 0.15) is 11.7 Å². The zero-order chi connectivity index (χ0) is 19.0. The second-order valence-electron chi connectivity index (χ2n) is 6.07. The summed E-state index contributed by atoms with van der Waals surface area (Å²) in [5, 5.41) is 14.4. The number of aromatic nitrogens is 2. The van der Waals surface area contributed by atoms with Crippen LogP contribution >= 0.6 is 0 Å². The van der Waals surface area contributed by atoms with E-state index in [1.165, 1.54) is 11.1 Å². The van der Waals surface area contributed by atoms with Crippen LogP contribution in [0.2, 0.25) is 0 Å². The Morgan fingerprint density at radius 3 is 2.59 bits per heavy atom. The quantitative estimate of drug-likeness (QED) is 0.553. The van der Waals surface area contributed by atoms with E-state index in [0.29, 0.717) is 18.7 Å². The SMILES string of the molecule is O=C1NCCN(c2nc3ccccn3c(=O)c2[N+](=O)[O-])[C@@H]1c1ccccc1. The van der Waals surface area contributed by atoms with E-state index >= 15 is 0 Å². The van der Waals surface area contributed by atoms with Crippen LogP contribution in [0.15, 0.2) is 59.5 Å². The number of nitrogens with zero attached hydrogens (tertiary/aromatic N) is 4. The molecule has 1 atom stereocenters. The van der Waals surface area contributed by atoms with Crippen molar-refractivity contribution >= 4 is 23.1 Å². The van der Waals surface area contributed by atoms with Crippen molar-refractivity contribution in [1.29, 1.82) is 0 Å². The molecule has 1 N–H and O–H groups in total. The summed E-state index contributed by atoms with van der Waals surface area (Å²) < 4.78 is 1.13. The molecule has 9 nitrogen and oxygen atoms in total. The molecule has 3 aromatic rings. The van der Waals surface area contributed by atoms with Crippen molar-refractivity contribution in [2.45, 2.75) is 6.04 Å². The molecule has 0 radical (unpaired) electrons. The van der Waals surface area contributed by atoms with Gasteiger partial charge in [0.15, 0.2) is 0 Å². The molecule has 0 spiro atoms. The van der Waals surface area contributed by atoms with Crippen molar-refractivity contribution in [3.8, 4) is 0 Å². The van der Waals surface area contributed by atoms with Gasteiger partial charge in [-0.15, -0.1) is 0 Å². The minimum atomic E-state index is -0.809. The summed E-state index contributed by atoms with van der Waals surface area (Å²) >= 11 is 0. The summed E-state index contributed by atoms with van der Waals surface area (Å²) in [5.41, 5.74) is -0.479. The number of carbonyl (C=O) groups excluding carboxylic acids is 1. The fraction of sp³-hybridized carbons (Fsp3) is 0.167. The Hall–Kier alpha value is -3.75. The standard InChI is InChI=1S/C18H15N5O4/c24-17-14(12-6-2-1-3-7-12)22(11-9-19-17)16-15(23(26)27)18(25)21-10-5-4-8-13(21)20-16/h1-8,10,14H,9,11H2,(H,19,24)/t14-/m1/s1. The van der Waals surface area contributed by atoms with E-state index in [1.54, 1.807) is 42.5 Å². The van der Waals surface area contributed by atoms with E-state index in [4.69, 9.17) is 0 Å². The lowest BCUT2D eigenvalue weighted by atomic mass is 10.0. The molecule has 4 rings (SSSR count). The van der Waals surface area contributed by atoms with Crippen LogP contribution in [0.25, 0.3) is 5.65 Å². The minimum absolute atomic E-state index is 0.0973. The Bertz CT molecular complexity index is 1100. The van der Waals surface area contributed by atoms with Gasteiger partial charge in [-0.1, -0.05) is 36.4 Å². The van der Waals surface area contributed by atoms with Gasteiger partial charge >= 0.3 is 11.2 Å². The van der Waals surface area contributed by atoms with Gasteiger partial charge in [0.05, 0.1) is 4.92 Å². The zero-order valence-corrected chi connectivity index (χ0v) is 14.1. The normalized spacial score (nSPS) is 17.0. The molecule has 1 aromatic carbocycles. The first-order valence-electron chi connectivity index (χ1n) is 8.33. The number of nitrogens with one attached hydrogen (secondary N) is 1. The second-order valence-corrected chi connectivity index (χ2v) is 6.07. The van der Waals surface area contributed by atoms with Crippen molar-refractivity contribution < 1.29 is 9.72 Å². The Balaban J connectivity index is 1.96. The molecule has 1 aliphatic rings. The van der Waals surface area contributed by atoms with Gasteiger partial charge in [0.25, 0.3) is 0 Å². The average molecular weight is 365 g/mol. The molecular weight excluding hydrogens is 350 g/mol. The number of fused-ring (bicyclic) bond motifs is 1. The number of nitro groups is 1. The van der Waals surface area contributed by atoms with E-state index in [2.05, 4.69) is 10.3 Å². The largest absolute Gasteiger partial charge is 0.376 e. The second kappa shape index (κ2) is 6.52. The molecule has 2 aromatic heterocycles. The van der Waals surface area contributed by atoms with E-state index < -0.39 is 22.2 Å². The van der Waals surface area contributed by atoms with Gasteiger partial charge in [0, 0.05) is 19.3 Å². The van der Waals surface area contributed by atoms with Crippen molar-refractivity contribution in [1.82, 2.24) is 14.7 Å². The first-order chi connectivity index (χ1) is 13.1. The van der Waals surface area contributed by atoms with Gasteiger partial charge < -0.3 is 10.2 Å². The minimum Gasteiger partial charge on any atom is -0.352 e. The van der Waals surface area contributed by atoms with Crippen LogP contribution in [0.1, 0.15) is 11.6 Å². The molecule has 1 aliphatic heterocycles. The van der Waals surface area contributed by atoms with E-state index in [0.717, 1.165) is 4.40 Å². The number of amides is 1. The monoisotopic (exact) mass is 365 g/mol. The molecule has 1 amide bonds. The molecule has 0 aliphatic carbocycles. The van der Waals surface area contributed by atoms with Crippen LogP contribution < -0.4 is 15.8 Å². The Morgan fingerprint density at radius 2 is 1.85 bits per heavy atom. The number of hydrogen-bond acceptors (Lipinski definition) is 6. The van der Waals surface area contributed by atoms with Gasteiger partial charge in [-0.05, 0) is 17.7 Å². The van der Waals surface area contributed by atoms with Crippen LogP contribution in [0.3, 0.4) is 0 Å². The first kappa shape index (κ1) is 16.7.